The maximum Gasteiger partial charge on any atom is 0.252 e. The van der Waals surface area contributed by atoms with Crippen molar-refractivity contribution in [1.29, 1.82) is 0 Å². The normalized spacial score (nSPS) is 19.6. The lowest BCUT2D eigenvalue weighted by Gasteiger charge is -2.16. The number of fused-ring (bicyclic) bond motifs is 1. The molecule has 0 radical (unpaired) electrons. The van der Waals surface area contributed by atoms with E-state index in [9.17, 15) is 9.90 Å². The Morgan fingerprint density at radius 1 is 1.15 bits per heavy atom. The van der Waals surface area contributed by atoms with Gasteiger partial charge in [0.1, 0.15) is 0 Å². The van der Waals surface area contributed by atoms with Crippen LogP contribution in [0.1, 0.15) is 29.6 Å². The van der Waals surface area contributed by atoms with Crippen molar-refractivity contribution in [3.8, 4) is 11.3 Å². The third kappa shape index (κ3) is 3.30. The van der Waals surface area contributed by atoms with Gasteiger partial charge in [-0.05, 0) is 37.1 Å². The van der Waals surface area contributed by atoms with Gasteiger partial charge < -0.3 is 10.4 Å². The number of para-hydroxylation sites is 1. The Kier molecular flexibility index (Phi) is 4.63. The Hall–Kier alpha value is -2.79. The first-order valence-corrected chi connectivity index (χ1v) is 8.99. The minimum absolute atomic E-state index is 0.127. The smallest absolute Gasteiger partial charge is 0.252 e. The second-order valence-corrected chi connectivity index (χ2v) is 6.78. The third-order valence-corrected chi connectivity index (χ3v) is 5.08. The molecule has 0 aliphatic heterocycles. The quantitative estimate of drug-likeness (QED) is 0.760. The van der Waals surface area contributed by atoms with Gasteiger partial charge in [-0.3, -0.25) is 9.78 Å². The van der Waals surface area contributed by atoms with Crippen molar-refractivity contribution < 1.29 is 9.90 Å². The number of hydrogen-bond donors (Lipinski definition) is 2. The van der Waals surface area contributed by atoms with E-state index in [0.717, 1.165) is 41.4 Å². The Balaban J connectivity index is 1.67. The zero-order valence-electron chi connectivity index (χ0n) is 14.4. The van der Waals surface area contributed by atoms with Crippen LogP contribution in [-0.4, -0.2) is 33.6 Å². The average Bonchev–Trinajstić information content (AvgIpc) is 3.10. The number of aromatic nitrogens is 2. The van der Waals surface area contributed by atoms with E-state index < -0.39 is 0 Å². The summed E-state index contributed by atoms with van der Waals surface area (Å²) >= 11 is 0. The Labute approximate surface area is 152 Å². The number of benzene rings is 1. The predicted molar refractivity (Wildman–Crippen MR) is 101 cm³/mol. The van der Waals surface area contributed by atoms with Crippen LogP contribution in [0.3, 0.4) is 0 Å². The van der Waals surface area contributed by atoms with Gasteiger partial charge in [0.2, 0.25) is 0 Å². The summed E-state index contributed by atoms with van der Waals surface area (Å²) in [6.45, 7) is 0.501. The average molecular weight is 347 g/mol. The predicted octanol–water partition coefficient (Wildman–Crippen LogP) is 3.19. The van der Waals surface area contributed by atoms with Gasteiger partial charge in [-0.25, -0.2) is 4.98 Å². The van der Waals surface area contributed by atoms with E-state index in [4.69, 9.17) is 4.98 Å². The molecule has 2 heterocycles. The first-order chi connectivity index (χ1) is 12.7. The first-order valence-electron chi connectivity index (χ1n) is 8.99. The number of carbonyl (C=O) groups excluding carboxylic acids is 1. The van der Waals surface area contributed by atoms with E-state index in [1.165, 1.54) is 0 Å². The summed E-state index contributed by atoms with van der Waals surface area (Å²) in [7, 11) is 0. The molecule has 1 fully saturated rings. The summed E-state index contributed by atoms with van der Waals surface area (Å²) in [6.07, 6.45) is 5.93. The molecular weight excluding hydrogens is 326 g/mol. The molecule has 2 aromatic heterocycles. The fourth-order valence-corrected chi connectivity index (χ4v) is 3.61. The number of amides is 1. The van der Waals surface area contributed by atoms with Crippen molar-refractivity contribution in [2.24, 2.45) is 5.92 Å². The highest BCUT2D eigenvalue weighted by atomic mass is 16.3. The van der Waals surface area contributed by atoms with Crippen molar-refractivity contribution in [2.75, 3.05) is 6.54 Å². The molecular formula is C21H21N3O2. The van der Waals surface area contributed by atoms with E-state index in [1.807, 2.05) is 42.5 Å². The van der Waals surface area contributed by atoms with Gasteiger partial charge in [-0.15, -0.1) is 0 Å². The second-order valence-electron chi connectivity index (χ2n) is 6.78. The molecule has 0 bridgehead atoms. The summed E-state index contributed by atoms with van der Waals surface area (Å²) in [6, 6.07) is 13.3. The topological polar surface area (TPSA) is 75.1 Å². The highest BCUT2D eigenvalue weighted by molar-refractivity contribution is 6.07. The monoisotopic (exact) mass is 347 g/mol. The number of rotatable bonds is 4. The third-order valence-electron chi connectivity index (χ3n) is 5.08. The number of nitrogens with zero attached hydrogens (tertiary/aromatic N) is 2. The van der Waals surface area contributed by atoms with Gasteiger partial charge in [0, 0.05) is 35.8 Å². The molecule has 0 saturated heterocycles. The minimum Gasteiger partial charge on any atom is -0.393 e. The molecule has 2 atom stereocenters. The van der Waals surface area contributed by atoms with Crippen LogP contribution < -0.4 is 5.32 Å². The number of aliphatic hydroxyl groups is 1. The van der Waals surface area contributed by atoms with Crippen LogP contribution in [0.5, 0.6) is 0 Å². The van der Waals surface area contributed by atoms with E-state index in [1.54, 1.807) is 12.4 Å². The molecule has 2 N–H and O–H groups in total. The van der Waals surface area contributed by atoms with Crippen molar-refractivity contribution in [3.05, 3.63) is 60.4 Å². The van der Waals surface area contributed by atoms with Crippen LogP contribution in [0.4, 0.5) is 0 Å². The second kappa shape index (κ2) is 7.22. The molecule has 132 valence electrons. The molecule has 1 amide bonds. The van der Waals surface area contributed by atoms with Crippen LogP contribution >= 0.6 is 0 Å². The highest BCUT2D eigenvalue weighted by Crippen LogP contribution is 2.26. The van der Waals surface area contributed by atoms with Crippen LogP contribution in [0.2, 0.25) is 0 Å². The lowest BCUT2D eigenvalue weighted by atomic mass is 10.0. The highest BCUT2D eigenvalue weighted by Gasteiger charge is 2.25. The summed E-state index contributed by atoms with van der Waals surface area (Å²) < 4.78 is 0. The first kappa shape index (κ1) is 16.7. The SMILES string of the molecule is O=C(NCC1CCCC1O)c1cc(-c2ccncc2)nc2ccccc12. The zero-order valence-corrected chi connectivity index (χ0v) is 14.4. The molecule has 26 heavy (non-hydrogen) atoms. The van der Waals surface area contributed by atoms with Crippen molar-refractivity contribution >= 4 is 16.8 Å². The summed E-state index contributed by atoms with van der Waals surface area (Å²) in [5, 5.41) is 13.8. The van der Waals surface area contributed by atoms with E-state index in [-0.39, 0.29) is 17.9 Å². The van der Waals surface area contributed by atoms with Gasteiger partial charge >= 0.3 is 0 Å². The number of hydrogen-bond acceptors (Lipinski definition) is 4. The molecule has 1 aliphatic carbocycles. The number of aliphatic hydroxyl groups excluding tert-OH is 1. The standard InChI is InChI=1S/C21H21N3O2/c25-20-7-3-4-15(20)13-23-21(26)17-12-19(14-8-10-22-11-9-14)24-18-6-2-1-5-16(17)18/h1-2,5-6,8-12,15,20,25H,3-4,7,13H2,(H,23,26). The Morgan fingerprint density at radius 2 is 1.96 bits per heavy atom. The fourth-order valence-electron chi connectivity index (χ4n) is 3.61. The van der Waals surface area contributed by atoms with Gasteiger partial charge in [0.05, 0.1) is 22.9 Å². The minimum atomic E-state index is -0.308. The van der Waals surface area contributed by atoms with Crippen LogP contribution in [0, 0.1) is 5.92 Å². The van der Waals surface area contributed by atoms with E-state index >= 15 is 0 Å². The van der Waals surface area contributed by atoms with E-state index in [0.29, 0.717) is 12.1 Å². The summed E-state index contributed by atoms with van der Waals surface area (Å²) in [5.41, 5.74) is 3.06. The van der Waals surface area contributed by atoms with E-state index in [2.05, 4.69) is 10.3 Å². The van der Waals surface area contributed by atoms with Crippen LogP contribution in [0.15, 0.2) is 54.9 Å². The maximum atomic E-state index is 12.9. The van der Waals surface area contributed by atoms with Crippen molar-refractivity contribution in [3.63, 3.8) is 0 Å². The number of nitrogens with one attached hydrogen (secondary N) is 1. The van der Waals surface area contributed by atoms with Crippen molar-refractivity contribution in [1.82, 2.24) is 15.3 Å². The number of pyridine rings is 2. The fraction of sp³-hybridized carbons (Fsp3) is 0.286. The van der Waals surface area contributed by atoms with Crippen molar-refractivity contribution in [2.45, 2.75) is 25.4 Å². The molecule has 3 aromatic rings. The lowest BCUT2D eigenvalue weighted by Crippen LogP contribution is -2.32. The largest absolute Gasteiger partial charge is 0.393 e. The zero-order chi connectivity index (χ0) is 17.9. The molecule has 1 aliphatic rings. The molecule has 5 nitrogen and oxygen atoms in total. The molecule has 1 saturated carbocycles. The molecule has 4 rings (SSSR count). The van der Waals surface area contributed by atoms with Crippen LogP contribution in [-0.2, 0) is 0 Å². The van der Waals surface area contributed by atoms with Gasteiger partial charge in [0.15, 0.2) is 0 Å². The number of carbonyl (C=O) groups is 1. The van der Waals surface area contributed by atoms with Crippen LogP contribution in [0.25, 0.3) is 22.2 Å². The Morgan fingerprint density at radius 3 is 2.73 bits per heavy atom. The molecule has 0 spiro atoms. The van der Waals surface area contributed by atoms with Gasteiger partial charge in [-0.1, -0.05) is 24.6 Å². The maximum absolute atomic E-state index is 12.9. The van der Waals surface area contributed by atoms with Gasteiger partial charge in [0.25, 0.3) is 5.91 Å². The molecule has 5 heteroatoms. The summed E-state index contributed by atoms with van der Waals surface area (Å²) in [5.74, 6) is 0.0183. The Bertz CT molecular complexity index is 927. The molecule has 1 aromatic carbocycles. The molecule has 2 unspecified atom stereocenters. The van der Waals surface area contributed by atoms with Gasteiger partial charge in [-0.2, -0.15) is 0 Å². The summed E-state index contributed by atoms with van der Waals surface area (Å²) in [4.78, 5) is 21.6. The lowest BCUT2D eigenvalue weighted by molar-refractivity contribution is 0.0918.